The normalized spacial score (nSPS) is 18.8. The third-order valence-corrected chi connectivity index (χ3v) is 6.23. The Hall–Kier alpha value is -1.08. The summed E-state index contributed by atoms with van der Waals surface area (Å²) in [5.74, 6) is 1.42. The Balaban J connectivity index is 1.79. The standard InChI is InChI=1S/C15H25N3O2S2/c1-12(13-5-4-8-21-13)9-17-14(16-2)18-10-15(6-7-15)11-22(3,19)20/h4-5,8,12H,6-7,9-11H2,1-3H3,(H2,16,17,18). The minimum atomic E-state index is -2.93. The third-order valence-electron chi connectivity index (χ3n) is 3.98. The number of thiophene rings is 1. The zero-order chi connectivity index (χ0) is 16.2. The van der Waals surface area contributed by atoms with Crippen LogP contribution in [-0.2, 0) is 9.84 Å². The molecular weight excluding hydrogens is 318 g/mol. The maximum atomic E-state index is 11.5. The zero-order valence-electron chi connectivity index (χ0n) is 13.4. The molecule has 1 unspecified atom stereocenters. The molecule has 1 aromatic heterocycles. The summed E-state index contributed by atoms with van der Waals surface area (Å²) in [7, 11) is -1.19. The van der Waals surface area contributed by atoms with E-state index in [1.807, 2.05) is 0 Å². The fourth-order valence-electron chi connectivity index (χ4n) is 2.52. The molecule has 2 rings (SSSR count). The van der Waals surface area contributed by atoms with Crippen molar-refractivity contribution < 1.29 is 8.42 Å². The van der Waals surface area contributed by atoms with Crippen LogP contribution in [0.15, 0.2) is 22.5 Å². The van der Waals surface area contributed by atoms with E-state index < -0.39 is 9.84 Å². The highest BCUT2D eigenvalue weighted by Gasteiger charge is 2.45. The van der Waals surface area contributed by atoms with Gasteiger partial charge in [0.2, 0.25) is 0 Å². The van der Waals surface area contributed by atoms with E-state index in [2.05, 4.69) is 40.1 Å². The molecule has 1 fully saturated rings. The van der Waals surface area contributed by atoms with Crippen molar-refractivity contribution in [1.29, 1.82) is 0 Å². The Morgan fingerprint density at radius 3 is 2.68 bits per heavy atom. The highest BCUT2D eigenvalue weighted by atomic mass is 32.2. The van der Waals surface area contributed by atoms with Crippen molar-refractivity contribution in [2.45, 2.75) is 25.7 Å². The second kappa shape index (κ2) is 7.00. The molecule has 1 atom stereocenters. The Kier molecular flexibility index (Phi) is 5.50. The highest BCUT2D eigenvalue weighted by Crippen LogP contribution is 2.45. The number of hydrogen-bond donors (Lipinski definition) is 2. The van der Waals surface area contributed by atoms with E-state index in [1.54, 1.807) is 18.4 Å². The quantitative estimate of drug-likeness (QED) is 0.585. The van der Waals surface area contributed by atoms with Crippen molar-refractivity contribution in [2.75, 3.05) is 32.1 Å². The molecule has 1 aliphatic carbocycles. The monoisotopic (exact) mass is 343 g/mol. The average Bonchev–Trinajstić information content (AvgIpc) is 2.98. The molecule has 0 aliphatic heterocycles. The minimum absolute atomic E-state index is 0.0927. The van der Waals surface area contributed by atoms with Gasteiger partial charge in [-0.3, -0.25) is 4.99 Å². The van der Waals surface area contributed by atoms with Crippen LogP contribution in [0.4, 0.5) is 0 Å². The van der Waals surface area contributed by atoms with Crippen LogP contribution >= 0.6 is 11.3 Å². The lowest BCUT2D eigenvalue weighted by Gasteiger charge is -2.19. The van der Waals surface area contributed by atoms with Gasteiger partial charge < -0.3 is 10.6 Å². The van der Waals surface area contributed by atoms with E-state index in [1.165, 1.54) is 11.1 Å². The van der Waals surface area contributed by atoms with E-state index in [0.717, 1.165) is 25.3 Å². The van der Waals surface area contributed by atoms with Gasteiger partial charge in [-0.25, -0.2) is 8.42 Å². The van der Waals surface area contributed by atoms with Crippen molar-refractivity contribution in [2.24, 2.45) is 10.4 Å². The first-order valence-corrected chi connectivity index (χ1v) is 10.4. The van der Waals surface area contributed by atoms with Crippen LogP contribution in [0.5, 0.6) is 0 Å². The Morgan fingerprint density at radius 1 is 1.45 bits per heavy atom. The van der Waals surface area contributed by atoms with Crippen LogP contribution in [0.3, 0.4) is 0 Å². The van der Waals surface area contributed by atoms with E-state index in [0.29, 0.717) is 12.5 Å². The summed E-state index contributed by atoms with van der Waals surface area (Å²) in [6.45, 7) is 3.64. The SMILES string of the molecule is CN=C(NCC(C)c1cccs1)NCC1(CS(C)(=O)=O)CC1. The van der Waals surface area contributed by atoms with Gasteiger partial charge in [-0.1, -0.05) is 13.0 Å². The lowest BCUT2D eigenvalue weighted by molar-refractivity contribution is 0.528. The molecule has 1 aliphatic rings. The number of nitrogens with one attached hydrogen (secondary N) is 2. The van der Waals surface area contributed by atoms with Crippen molar-refractivity contribution in [1.82, 2.24) is 10.6 Å². The summed E-state index contributed by atoms with van der Waals surface area (Å²) in [6, 6.07) is 4.20. The maximum absolute atomic E-state index is 11.5. The van der Waals surface area contributed by atoms with Gasteiger partial charge in [0.05, 0.1) is 5.75 Å². The van der Waals surface area contributed by atoms with Crippen LogP contribution < -0.4 is 10.6 Å². The fourth-order valence-corrected chi connectivity index (χ4v) is 4.81. The van der Waals surface area contributed by atoms with Gasteiger partial charge in [0.25, 0.3) is 0 Å². The molecule has 1 aromatic rings. The highest BCUT2D eigenvalue weighted by molar-refractivity contribution is 7.90. The second-order valence-corrected chi connectivity index (χ2v) is 9.41. The van der Waals surface area contributed by atoms with Crippen LogP contribution in [0.1, 0.15) is 30.6 Å². The summed E-state index contributed by atoms with van der Waals surface area (Å²) in [4.78, 5) is 5.56. The van der Waals surface area contributed by atoms with Gasteiger partial charge in [0, 0.05) is 42.6 Å². The summed E-state index contributed by atoms with van der Waals surface area (Å²) < 4.78 is 23.0. The van der Waals surface area contributed by atoms with E-state index in [4.69, 9.17) is 0 Å². The molecule has 5 nitrogen and oxygen atoms in total. The van der Waals surface area contributed by atoms with Crippen molar-refractivity contribution in [3.63, 3.8) is 0 Å². The molecule has 0 radical (unpaired) electrons. The number of guanidine groups is 1. The Morgan fingerprint density at radius 2 is 2.18 bits per heavy atom. The molecular formula is C15H25N3O2S2. The van der Waals surface area contributed by atoms with E-state index >= 15 is 0 Å². The Labute approximate surface area is 137 Å². The third kappa shape index (κ3) is 5.28. The predicted molar refractivity (Wildman–Crippen MR) is 93.5 cm³/mol. The maximum Gasteiger partial charge on any atom is 0.191 e. The van der Waals surface area contributed by atoms with E-state index in [9.17, 15) is 8.42 Å². The minimum Gasteiger partial charge on any atom is -0.356 e. The van der Waals surface area contributed by atoms with Crippen LogP contribution in [0, 0.1) is 5.41 Å². The molecule has 22 heavy (non-hydrogen) atoms. The molecule has 0 amide bonds. The first-order valence-electron chi connectivity index (χ1n) is 7.49. The molecule has 0 bridgehead atoms. The first-order chi connectivity index (χ1) is 10.3. The molecule has 0 aromatic carbocycles. The summed E-state index contributed by atoms with van der Waals surface area (Å²) in [6.07, 6.45) is 3.24. The predicted octanol–water partition coefficient (Wildman–Crippen LogP) is 1.84. The fraction of sp³-hybridized carbons (Fsp3) is 0.667. The summed E-state index contributed by atoms with van der Waals surface area (Å²) in [5.41, 5.74) is -0.0927. The topological polar surface area (TPSA) is 70.6 Å². The van der Waals surface area contributed by atoms with E-state index in [-0.39, 0.29) is 11.2 Å². The average molecular weight is 344 g/mol. The smallest absolute Gasteiger partial charge is 0.191 e. The number of aliphatic imine (C=N–C) groups is 1. The molecule has 7 heteroatoms. The van der Waals surface area contributed by atoms with Gasteiger partial charge in [-0.05, 0) is 24.3 Å². The summed E-state index contributed by atoms with van der Waals surface area (Å²) in [5, 5.41) is 8.67. The lowest BCUT2D eigenvalue weighted by Crippen LogP contribution is -2.42. The number of rotatable bonds is 7. The van der Waals surface area contributed by atoms with Crippen LogP contribution in [0.25, 0.3) is 0 Å². The van der Waals surface area contributed by atoms with Crippen molar-refractivity contribution in [3.8, 4) is 0 Å². The van der Waals surface area contributed by atoms with Crippen LogP contribution in [-0.4, -0.2) is 46.5 Å². The molecule has 0 saturated heterocycles. The Bertz CT molecular complexity index is 605. The number of nitrogens with zero attached hydrogens (tertiary/aromatic N) is 1. The molecule has 1 saturated carbocycles. The lowest BCUT2D eigenvalue weighted by atomic mass is 10.1. The molecule has 0 spiro atoms. The summed E-state index contributed by atoms with van der Waals surface area (Å²) >= 11 is 1.76. The first kappa shape index (κ1) is 17.3. The van der Waals surface area contributed by atoms with Gasteiger partial charge in [0.1, 0.15) is 9.84 Å². The zero-order valence-corrected chi connectivity index (χ0v) is 15.1. The van der Waals surface area contributed by atoms with Crippen LogP contribution in [0.2, 0.25) is 0 Å². The van der Waals surface area contributed by atoms with Gasteiger partial charge in [0.15, 0.2) is 5.96 Å². The largest absolute Gasteiger partial charge is 0.356 e. The molecule has 2 N–H and O–H groups in total. The van der Waals surface area contributed by atoms with Gasteiger partial charge >= 0.3 is 0 Å². The van der Waals surface area contributed by atoms with Crippen molar-refractivity contribution in [3.05, 3.63) is 22.4 Å². The van der Waals surface area contributed by atoms with Crippen molar-refractivity contribution >= 4 is 27.1 Å². The second-order valence-electron chi connectivity index (χ2n) is 6.29. The molecule has 1 heterocycles. The molecule has 124 valence electrons. The van der Waals surface area contributed by atoms with Gasteiger partial charge in [-0.15, -0.1) is 11.3 Å². The number of sulfone groups is 1. The number of hydrogen-bond acceptors (Lipinski definition) is 4. The van der Waals surface area contributed by atoms with Gasteiger partial charge in [-0.2, -0.15) is 0 Å².